The zero-order chi connectivity index (χ0) is 14.3. The lowest BCUT2D eigenvalue weighted by molar-refractivity contribution is 0.0737. The summed E-state index contributed by atoms with van der Waals surface area (Å²) in [6, 6.07) is 0.234. The number of hydrogen-bond acceptors (Lipinski definition) is 5. The Kier molecular flexibility index (Phi) is 6.62. The molecule has 1 heterocycles. The first-order chi connectivity index (χ1) is 9.13. The van der Waals surface area contributed by atoms with Gasteiger partial charge in [-0.1, -0.05) is 6.92 Å². The van der Waals surface area contributed by atoms with Gasteiger partial charge < -0.3 is 10.2 Å². The maximum atomic E-state index is 12.3. The predicted molar refractivity (Wildman–Crippen MR) is 80.8 cm³/mol. The third-order valence-electron chi connectivity index (χ3n) is 2.93. The van der Waals surface area contributed by atoms with E-state index in [9.17, 15) is 4.79 Å². The van der Waals surface area contributed by atoms with Gasteiger partial charge in [0.1, 0.15) is 11.5 Å². The second-order valence-corrected chi connectivity index (χ2v) is 5.16. The van der Waals surface area contributed by atoms with E-state index in [-0.39, 0.29) is 11.9 Å². The van der Waals surface area contributed by atoms with Gasteiger partial charge in [0.05, 0.1) is 12.4 Å². The summed E-state index contributed by atoms with van der Waals surface area (Å²) in [5.74, 6) is 1.55. The number of rotatable bonds is 7. The molecule has 0 aliphatic rings. The lowest BCUT2D eigenvalue weighted by Crippen LogP contribution is -2.38. The maximum Gasteiger partial charge on any atom is 0.274 e. The van der Waals surface area contributed by atoms with E-state index in [1.807, 2.05) is 20.2 Å². The molecule has 1 N–H and O–H groups in total. The van der Waals surface area contributed by atoms with Gasteiger partial charge in [-0.2, -0.15) is 11.8 Å². The van der Waals surface area contributed by atoms with E-state index in [1.165, 1.54) is 6.20 Å². The minimum absolute atomic E-state index is 0.0727. The molecule has 1 aromatic heterocycles. The Morgan fingerprint density at radius 2 is 2.16 bits per heavy atom. The zero-order valence-corrected chi connectivity index (χ0v) is 12.8. The van der Waals surface area contributed by atoms with Gasteiger partial charge >= 0.3 is 0 Å². The van der Waals surface area contributed by atoms with Crippen molar-refractivity contribution in [1.82, 2.24) is 14.9 Å². The quantitative estimate of drug-likeness (QED) is 0.830. The number of aromatic nitrogens is 2. The normalized spacial score (nSPS) is 12.0. The van der Waals surface area contributed by atoms with Crippen LogP contribution in [0.2, 0.25) is 0 Å². The van der Waals surface area contributed by atoms with Crippen LogP contribution in [0, 0.1) is 0 Å². The highest BCUT2D eigenvalue weighted by molar-refractivity contribution is 7.98. The van der Waals surface area contributed by atoms with Crippen LogP contribution in [0.1, 0.15) is 30.8 Å². The summed E-state index contributed by atoms with van der Waals surface area (Å²) < 4.78 is 0. The Balaban J connectivity index is 2.75. The molecule has 0 aliphatic carbocycles. The van der Waals surface area contributed by atoms with Crippen molar-refractivity contribution in [2.24, 2.45) is 0 Å². The van der Waals surface area contributed by atoms with E-state index in [0.29, 0.717) is 11.5 Å². The lowest BCUT2D eigenvalue weighted by Gasteiger charge is -2.26. The summed E-state index contributed by atoms with van der Waals surface area (Å²) in [6.45, 7) is 4.86. The van der Waals surface area contributed by atoms with E-state index >= 15 is 0 Å². The van der Waals surface area contributed by atoms with E-state index in [2.05, 4.69) is 22.2 Å². The fourth-order valence-corrected chi connectivity index (χ4v) is 2.60. The molecule has 1 rings (SSSR count). The Labute approximate surface area is 119 Å². The Hall–Kier alpha value is -1.30. The van der Waals surface area contributed by atoms with Gasteiger partial charge in [0.15, 0.2) is 0 Å². The molecule has 1 aromatic rings. The van der Waals surface area contributed by atoms with Crippen LogP contribution in [0.15, 0.2) is 12.4 Å². The number of carbonyl (C=O) groups is 1. The molecule has 0 bridgehead atoms. The number of nitrogens with zero attached hydrogens (tertiary/aromatic N) is 3. The Bertz CT molecular complexity index is 396. The molecule has 106 valence electrons. The van der Waals surface area contributed by atoms with Gasteiger partial charge in [-0.05, 0) is 19.6 Å². The Morgan fingerprint density at radius 3 is 2.63 bits per heavy atom. The number of nitrogens with one attached hydrogen (secondary N) is 1. The van der Waals surface area contributed by atoms with Crippen LogP contribution < -0.4 is 5.32 Å². The van der Waals surface area contributed by atoms with Gasteiger partial charge in [0.25, 0.3) is 5.91 Å². The first-order valence-electron chi connectivity index (χ1n) is 6.46. The van der Waals surface area contributed by atoms with E-state index in [1.54, 1.807) is 22.9 Å². The highest BCUT2D eigenvalue weighted by atomic mass is 32.2. The summed E-state index contributed by atoms with van der Waals surface area (Å²) in [4.78, 5) is 22.4. The largest absolute Gasteiger partial charge is 0.369 e. The highest BCUT2D eigenvalue weighted by Gasteiger charge is 2.20. The third kappa shape index (κ3) is 4.38. The molecular weight excluding hydrogens is 260 g/mol. The highest BCUT2D eigenvalue weighted by Crippen LogP contribution is 2.11. The minimum atomic E-state index is -0.0727. The van der Waals surface area contributed by atoms with Crippen LogP contribution in [-0.4, -0.2) is 52.4 Å². The fourth-order valence-electron chi connectivity index (χ4n) is 1.75. The first kappa shape index (κ1) is 15.8. The summed E-state index contributed by atoms with van der Waals surface area (Å²) in [6.07, 6.45) is 6.11. The fraction of sp³-hybridized carbons (Fsp3) is 0.615. The molecule has 1 amide bonds. The summed E-state index contributed by atoms with van der Waals surface area (Å²) >= 11 is 1.74. The minimum Gasteiger partial charge on any atom is -0.369 e. The van der Waals surface area contributed by atoms with Crippen molar-refractivity contribution in [1.29, 1.82) is 0 Å². The molecule has 0 fully saturated rings. The van der Waals surface area contributed by atoms with Crippen molar-refractivity contribution in [2.75, 3.05) is 30.9 Å². The van der Waals surface area contributed by atoms with Crippen LogP contribution in [0.5, 0.6) is 0 Å². The molecule has 0 saturated heterocycles. The topological polar surface area (TPSA) is 58.1 Å². The van der Waals surface area contributed by atoms with Crippen molar-refractivity contribution in [2.45, 2.75) is 26.3 Å². The SMILES string of the molecule is CCNc1cnc(C(=O)N(C)C(CC)CSC)cn1. The van der Waals surface area contributed by atoms with Gasteiger partial charge in [-0.15, -0.1) is 0 Å². The molecular formula is C13H22N4OS. The van der Waals surface area contributed by atoms with Crippen LogP contribution in [0.3, 0.4) is 0 Å². The van der Waals surface area contributed by atoms with Gasteiger partial charge in [0, 0.05) is 25.4 Å². The standard InChI is InChI=1S/C13H22N4OS/c1-5-10(9-19-4)17(3)13(18)11-7-16-12(8-15-11)14-6-2/h7-8,10H,5-6,9H2,1-4H3,(H,14,16). The predicted octanol–water partition coefficient (Wildman–Crippen LogP) is 2.12. The number of hydrogen-bond donors (Lipinski definition) is 1. The zero-order valence-electron chi connectivity index (χ0n) is 12.0. The second kappa shape index (κ2) is 7.99. The molecule has 6 heteroatoms. The molecule has 1 unspecified atom stereocenters. The van der Waals surface area contributed by atoms with Crippen LogP contribution in [0.4, 0.5) is 5.82 Å². The monoisotopic (exact) mass is 282 g/mol. The molecule has 0 spiro atoms. The molecule has 0 aliphatic heterocycles. The van der Waals surface area contributed by atoms with Crippen molar-refractivity contribution >= 4 is 23.5 Å². The second-order valence-electron chi connectivity index (χ2n) is 4.25. The lowest BCUT2D eigenvalue weighted by atomic mass is 10.2. The van der Waals surface area contributed by atoms with Crippen LogP contribution in [-0.2, 0) is 0 Å². The molecule has 0 aromatic carbocycles. The van der Waals surface area contributed by atoms with Crippen LogP contribution >= 0.6 is 11.8 Å². The van der Waals surface area contributed by atoms with Gasteiger partial charge in [-0.3, -0.25) is 4.79 Å². The number of amides is 1. The van der Waals surface area contributed by atoms with Gasteiger partial charge in [-0.25, -0.2) is 9.97 Å². The molecule has 0 saturated carbocycles. The molecule has 1 atom stereocenters. The smallest absolute Gasteiger partial charge is 0.274 e. The van der Waals surface area contributed by atoms with Crippen molar-refractivity contribution < 1.29 is 4.79 Å². The number of anilines is 1. The third-order valence-corrected chi connectivity index (χ3v) is 3.65. The molecule has 19 heavy (non-hydrogen) atoms. The summed E-state index contributed by atoms with van der Waals surface area (Å²) in [7, 11) is 1.83. The average Bonchev–Trinajstić information content (AvgIpc) is 2.44. The van der Waals surface area contributed by atoms with Crippen LogP contribution in [0.25, 0.3) is 0 Å². The summed E-state index contributed by atoms with van der Waals surface area (Å²) in [5, 5.41) is 3.06. The summed E-state index contributed by atoms with van der Waals surface area (Å²) in [5.41, 5.74) is 0.392. The van der Waals surface area contributed by atoms with E-state index in [0.717, 1.165) is 18.7 Å². The van der Waals surface area contributed by atoms with E-state index in [4.69, 9.17) is 0 Å². The Morgan fingerprint density at radius 1 is 1.42 bits per heavy atom. The number of thioether (sulfide) groups is 1. The number of carbonyl (C=O) groups excluding carboxylic acids is 1. The molecule has 0 radical (unpaired) electrons. The van der Waals surface area contributed by atoms with Crippen molar-refractivity contribution in [3.05, 3.63) is 18.1 Å². The van der Waals surface area contributed by atoms with Crippen molar-refractivity contribution in [3.8, 4) is 0 Å². The maximum absolute atomic E-state index is 12.3. The van der Waals surface area contributed by atoms with Gasteiger partial charge in [0.2, 0.25) is 0 Å². The molecule has 5 nitrogen and oxygen atoms in total. The van der Waals surface area contributed by atoms with E-state index < -0.39 is 0 Å². The van der Waals surface area contributed by atoms with Crippen molar-refractivity contribution in [3.63, 3.8) is 0 Å². The average molecular weight is 282 g/mol. The first-order valence-corrected chi connectivity index (χ1v) is 7.85.